The summed E-state index contributed by atoms with van der Waals surface area (Å²) in [6.45, 7) is 8.00. The van der Waals surface area contributed by atoms with Crippen molar-refractivity contribution in [3.8, 4) is 5.75 Å². The monoisotopic (exact) mass is 263 g/mol. The van der Waals surface area contributed by atoms with E-state index in [0.29, 0.717) is 5.92 Å². The smallest absolute Gasteiger partial charge is 0.122 e. The number of rotatable bonds is 5. The summed E-state index contributed by atoms with van der Waals surface area (Å²) in [7, 11) is 1.73. The molecule has 1 aliphatic rings. The van der Waals surface area contributed by atoms with E-state index in [9.17, 15) is 0 Å². The lowest BCUT2D eigenvalue weighted by Crippen LogP contribution is -2.49. The van der Waals surface area contributed by atoms with Crippen molar-refractivity contribution in [3.63, 3.8) is 0 Å². The van der Waals surface area contributed by atoms with Gasteiger partial charge in [-0.1, -0.05) is 26.0 Å². The van der Waals surface area contributed by atoms with Gasteiger partial charge in [-0.25, -0.2) is 0 Å². The van der Waals surface area contributed by atoms with Crippen LogP contribution in [0.15, 0.2) is 18.2 Å². The quantitative estimate of drug-likeness (QED) is 0.888. The lowest BCUT2D eigenvalue weighted by Gasteiger charge is -2.43. The van der Waals surface area contributed by atoms with Crippen LogP contribution in [-0.4, -0.2) is 26.4 Å². The van der Waals surface area contributed by atoms with E-state index in [1.54, 1.807) is 7.11 Å². The maximum absolute atomic E-state index is 6.00. The van der Waals surface area contributed by atoms with Gasteiger partial charge >= 0.3 is 0 Å². The standard InChI is InChI=1S/C16H25NO2/c1-11(2)14-7-13(5-6-15(14)18-4)16(8-12(3)17)9-19-10-16/h5-7,11-12H,8-10,17H2,1-4H3. The van der Waals surface area contributed by atoms with Crippen LogP contribution in [0, 0.1) is 0 Å². The Hall–Kier alpha value is -1.06. The third-order valence-electron chi connectivity index (χ3n) is 3.93. The van der Waals surface area contributed by atoms with E-state index in [4.69, 9.17) is 15.2 Å². The van der Waals surface area contributed by atoms with Gasteiger partial charge in [-0.3, -0.25) is 0 Å². The fourth-order valence-electron chi connectivity index (χ4n) is 2.88. The number of methoxy groups -OCH3 is 1. The first-order chi connectivity index (χ1) is 8.98. The Balaban J connectivity index is 2.36. The topological polar surface area (TPSA) is 44.5 Å². The molecule has 2 rings (SSSR count). The van der Waals surface area contributed by atoms with Crippen molar-refractivity contribution in [1.29, 1.82) is 0 Å². The summed E-state index contributed by atoms with van der Waals surface area (Å²) in [6, 6.07) is 6.70. The van der Waals surface area contributed by atoms with Crippen molar-refractivity contribution in [2.45, 2.75) is 44.6 Å². The fraction of sp³-hybridized carbons (Fsp3) is 0.625. The predicted molar refractivity (Wildman–Crippen MR) is 77.8 cm³/mol. The summed E-state index contributed by atoms with van der Waals surface area (Å²) >= 11 is 0. The van der Waals surface area contributed by atoms with Crippen molar-refractivity contribution >= 4 is 0 Å². The molecule has 2 N–H and O–H groups in total. The molecule has 1 atom stereocenters. The number of benzene rings is 1. The van der Waals surface area contributed by atoms with Crippen LogP contribution >= 0.6 is 0 Å². The van der Waals surface area contributed by atoms with Gasteiger partial charge in [0, 0.05) is 11.5 Å². The van der Waals surface area contributed by atoms with Crippen LogP contribution in [0.2, 0.25) is 0 Å². The Morgan fingerprint density at radius 2 is 2.00 bits per heavy atom. The van der Waals surface area contributed by atoms with Gasteiger partial charge in [0.2, 0.25) is 0 Å². The summed E-state index contributed by atoms with van der Waals surface area (Å²) in [4.78, 5) is 0. The lowest BCUT2D eigenvalue weighted by molar-refractivity contribution is -0.0665. The molecule has 1 saturated heterocycles. The summed E-state index contributed by atoms with van der Waals surface area (Å²) in [5, 5.41) is 0. The van der Waals surface area contributed by atoms with Crippen molar-refractivity contribution < 1.29 is 9.47 Å². The molecule has 106 valence electrons. The molecule has 0 bridgehead atoms. The molecule has 1 fully saturated rings. The number of hydrogen-bond donors (Lipinski definition) is 1. The molecule has 1 aliphatic heterocycles. The van der Waals surface area contributed by atoms with E-state index in [1.165, 1.54) is 11.1 Å². The first kappa shape index (κ1) is 14.4. The van der Waals surface area contributed by atoms with Gasteiger partial charge in [0.1, 0.15) is 5.75 Å². The third-order valence-corrected chi connectivity index (χ3v) is 3.93. The van der Waals surface area contributed by atoms with Crippen LogP contribution in [-0.2, 0) is 10.2 Å². The van der Waals surface area contributed by atoms with Gasteiger partial charge in [-0.15, -0.1) is 0 Å². The minimum atomic E-state index is 0.101. The van der Waals surface area contributed by atoms with Crippen LogP contribution in [0.3, 0.4) is 0 Å². The highest BCUT2D eigenvalue weighted by molar-refractivity contribution is 5.43. The van der Waals surface area contributed by atoms with Crippen molar-refractivity contribution in [2.75, 3.05) is 20.3 Å². The summed E-state index contributed by atoms with van der Waals surface area (Å²) in [6.07, 6.45) is 0.969. The normalized spacial score (nSPS) is 19.1. The number of ether oxygens (including phenoxy) is 2. The average molecular weight is 263 g/mol. The van der Waals surface area contributed by atoms with E-state index < -0.39 is 0 Å². The number of hydrogen-bond acceptors (Lipinski definition) is 3. The lowest BCUT2D eigenvalue weighted by atomic mass is 9.73. The van der Waals surface area contributed by atoms with Gasteiger partial charge in [0.25, 0.3) is 0 Å². The molecule has 0 spiro atoms. The Morgan fingerprint density at radius 3 is 2.42 bits per heavy atom. The van der Waals surface area contributed by atoms with Crippen LogP contribution < -0.4 is 10.5 Å². The van der Waals surface area contributed by atoms with Gasteiger partial charge in [-0.05, 0) is 36.5 Å². The zero-order valence-electron chi connectivity index (χ0n) is 12.4. The molecule has 1 aromatic carbocycles. The van der Waals surface area contributed by atoms with Crippen LogP contribution in [0.25, 0.3) is 0 Å². The van der Waals surface area contributed by atoms with Gasteiger partial charge < -0.3 is 15.2 Å². The highest BCUT2D eigenvalue weighted by Gasteiger charge is 2.41. The summed E-state index contributed by atoms with van der Waals surface area (Å²) in [5.41, 5.74) is 8.69. The minimum absolute atomic E-state index is 0.101. The molecule has 1 unspecified atom stereocenters. The maximum atomic E-state index is 6.00. The van der Waals surface area contributed by atoms with Gasteiger partial charge in [0.15, 0.2) is 0 Å². The van der Waals surface area contributed by atoms with Crippen molar-refractivity contribution in [2.24, 2.45) is 5.73 Å². The molecule has 0 radical (unpaired) electrons. The van der Waals surface area contributed by atoms with E-state index in [2.05, 4.69) is 39.0 Å². The Labute approximate surface area is 116 Å². The second-order valence-corrected chi connectivity index (χ2v) is 6.07. The Morgan fingerprint density at radius 1 is 1.32 bits per heavy atom. The molecule has 1 heterocycles. The van der Waals surface area contributed by atoms with E-state index in [1.807, 2.05) is 0 Å². The molecule has 0 amide bonds. The van der Waals surface area contributed by atoms with E-state index >= 15 is 0 Å². The first-order valence-corrected chi connectivity index (χ1v) is 7.00. The molecule has 0 saturated carbocycles. The molecule has 0 aromatic heterocycles. The minimum Gasteiger partial charge on any atom is -0.496 e. The molecule has 3 nitrogen and oxygen atoms in total. The molecule has 0 aliphatic carbocycles. The summed E-state index contributed by atoms with van der Waals surface area (Å²) in [5.74, 6) is 1.41. The van der Waals surface area contributed by atoms with Crippen molar-refractivity contribution in [1.82, 2.24) is 0 Å². The van der Waals surface area contributed by atoms with Crippen LogP contribution in [0.4, 0.5) is 0 Å². The number of nitrogens with two attached hydrogens (primary N) is 1. The second-order valence-electron chi connectivity index (χ2n) is 6.07. The molecule has 19 heavy (non-hydrogen) atoms. The van der Waals surface area contributed by atoms with Gasteiger partial charge in [-0.2, -0.15) is 0 Å². The largest absolute Gasteiger partial charge is 0.496 e. The second kappa shape index (κ2) is 5.51. The molecular formula is C16H25NO2. The average Bonchev–Trinajstić information content (AvgIpc) is 2.32. The maximum Gasteiger partial charge on any atom is 0.122 e. The van der Waals surface area contributed by atoms with Crippen LogP contribution in [0.1, 0.15) is 44.2 Å². The van der Waals surface area contributed by atoms with Crippen LogP contribution in [0.5, 0.6) is 5.75 Å². The third kappa shape index (κ3) is 2.77. The first-order valence-electron chi connectivity index (χ1n) is 7.00. The zero-order chi connectivity index (χ0) is 14.0. The van der Waals surface area contributed by atoms with Gasteiger partial charge in [0.05, 0.1) is 20.3 Å². The molecule has 3 heteroatoms. The highest BCUT2D eigenvalue weighted by Crippen LogP contribution is 2.39. The zero-order valence-corrected chi connectivity index (χ0v) is 12.4. The highest BCUT2D eigenvalue weighted by atomic mass is 16.5. The summed E-state index contributed by atoms with van der Waals surface area (Å²) < 4.78 is 10.9. The predicted octanol–water partition coefficient (Wildman–Crippen LogP) is 2.82. The van der Waals surface area contributed by atoms with Crippen molar-refractivity contribution in [3.05, 3.63) is 29.3 Å². The fourth-order valence-corrected chi connectivity index (χ4v) is 2.88. The Kier molecular flexibility index (Phi) is 4.16. The Bertz CT molecular complexity index is 436. The molecule has 1 aromatic rings. The SMILES string of the molecule is COc1ccc(C2(CC(C)N)COC2)cc1C(C)C. The van der Waals surface area contributed by atoms with E-state index in [-0.39, 0.29) is 11.5 Å². The van der Waals surface area contributed by atoms with E-state index in [0.717, 1.165) is 25.4 Å². The molecular weight excluding hydrogens is 238 g/mol.